The van der Waals surface area contributed by atoms with Crippen LogP contribution < -0.4 is 10.6 Å². The molecular weight excluding hydrogens is 223 g/mol. The van der Waals surface area contributed by atoms with E-state index < -0.39 is 0 Å². The molecule has 0 unspecified atom stereocenters. The summed E-state index contributed by atoms with van der Waals surface area (Å²) in [5, 5.41) is 6.61. The molecular formula is C12H17FN2S. The van der Waals surface area contributed by atoms with Crippen LogP contribution in [0.15, 0.2) is 24.3 Å². The molecule has 0 amide bonds. The van der Waals surface area contributed by atoms with Crippen molar-refractivity contribution in [1.82, 2.24) is 10.6 Å². The second-order valence-corrected chi connectivity index (χ2v) is 4.46. The van der Waals surface area contributed by atoms with Crippen LogP contribution in [0.4, 0.5) is 4.39 Å². The van der Waals surface area contributed by atoms with Crippen LogP contribution in [0, 0.1) is 11.7 Å². The lowest BCUT2D eigenvalue weighted by Gasteiger charge is -2.12. The van der Waals surface area contributed by atoms with Crippen LogP contribution in [0.5, 0.6) is 0 Å². The minimum Gasteiger partial charge on any atom is -0.362 e. The molecule has 1 rings (SSSR count). The normalized spacial score (nSPS) is 10.2. The first-order valence-corrected chi connectivity index (χ1v) is 5.75. The lowest BCUT2D eigenvalue weighted by Crippen LogP contribution is -2.36. The van der Waals surface area contributed by atoms with Gasteiger partial charge in [0.2, 0.25) is 0 Å². The Bertz CT molecular complexity index is 353. The average Bonchev–Trinajstić information content (AvgIpc) is 2.25. The highest BCUT2D eigenvalue weighted by Crippen LogP contribution is 2.05. The Kier molecular flexibility index (Phi) is 5.19. The predicted molar refractivity (Wildman–Crippen MR) is 68.7 cm³/mol. The van der Waals surface area contributed by atoms with Crippen molar-refractivity contribution in [2.24, 2.45) is 5.92 Å². The molecule has 0 fully saturated rings. The minimum atomic E-state index is -0.207. The zero-order valence-corrected chi connectivity index (χ0v) is 10.4. The quantitative estimate of drug-likeness (QED) is 0.791. The average molecular weight is 240 g/mol. The Labute approximate surface area is 101 Å². The van der Waals surface area contributed by atoms with Gasteiger partial charge in [-0.15, -0.1) is 0 Å². The van der Waals surface area contributed by atoms with E-state index in [0.717, 1.165) is 6.54 Å². The topological polar surface area (TPSA) is 24.1 Å². The van der Waals surface area contributed by atoms with Crippen LogP contribution in [-0.2, 0) is 6.54 Å². The van der Waals surface area contributed by atoms with Gasteiger partial charge in [0.15, 0.2) is 5.11 Å². The second-order valence-electron chi connectivity index (χ2n) is 4.05. The maximum Gasteiger partial charge on any atom is 0.166 e. The van der Waals surface area contributed by atoms with Crippen LogP contribution in [0.2, 0.25) is 0 Å². The molecule has 2 nitrogen and oxygen atoms in total. The van der Waals surface area contributed by atoms with Crippen LogP contribution in [0.3, 0.4) is 0 Å². The minimum absolute atomic E-state index is 0.207. The SMILES string of the molecule is CC(C)CNC(=S)NCc1ccccc1F. The molecule has 0 aliphatic carbocycles. The van der Waals surface area contributed by atoms with Gasteiger partial charge in [0.1, 0.15) is 5.82 Å². The number of hydrogen-bond acceptors (Lipinski definition) is 1. The first-order valence-electron chi connectivity index (χ1n) is 5.34. The van der Waals surface area contributed by atoms with Crippen LogP contribution >= 0.6 is 12.2 Å². The van der Waals surface area contributed by atoms with Crippen LogP contribution in [-0.4, -0.2) is 11.7 Å². The van der Waals surface area contributed by atoms with E-state index in [-0.39, 0.29) is 5.82 Å². The molecule has 1 aromatic rings. The van der Waals surface area contributed by atoms with E-state index >= 15 is 0 Å². The summed E-state index contributed by atoms with van der Waals surface area (Å²) in [6.07, 6.45) is 0. The predicted octanol–water partition coefficient (Wildman–Crippen LogP) is 2.45. The summed E-state index contributed by atoms with van der Waals surface area (Å²) >= 11 is 5.07. The summed E-state index contributed by atoms with van der Waals surface area (Å²) in [6, 6.07) is 6.67. The maximum atomic E-state index is 13.3. The highest BCUT2D eigenvalue weighted by molar-refractivity contribution is 7.80. The van der Waals surface area contributed by atoms with Gasteiger partial charge in [-0.1, -0.05) is 32.0 Å². The van der Waals surface area contributed by atoms with E-state index in [1.807, 2.05) is 6.07 Å². The van der Waals surface area contributed by atoms with E-state index in [4.69, 9.17) is 12.2 Å². The summed E-state index contributed by atoms with van der Waals surface area (Å²) in [7, 11) is 0. The Balaban J connectivity index is 2.35. The van der Waals surface area contributed by atoms with Crippen molar-refractivity contribution in [1.29, 1.82) is 0 Å². The molecule has 2 N–H and O–H groups in total. The molecule has 0 atom stereocenters. The molecule has 4 heteroatoms. The molecule has 0 aliphatic heterocycles. The fourth-order valence-corrected chi connectivity index (χ4v) is 1.33. The Morgan fingerprint density at radius 1 is 1.31 bits per heavy atom. The molecule has 0 heterocycles. The number of benzene rings is 1. The van der Waals surface area contributed by atoms with Crippen molar-refractivity contribution in [2.45, 2.75) is 20.4 Å². The van der Waals surface area contributed by atoms with Gasteiger partial charge < -0.3 is 10.6 Å². The molecule has 0 saturated carbocycles. The van der Waals surface area contributed by atoms with E-state index in [1.165, 1.54) is 6.07 Å². The first-order chi connectivity index (χ1) is 7.59. The van der Waals surface area contributed by atoms with Crippen molar-refractivity contribution in [3.63, 3.8) is 0 Å². The highest BCUT2D eigenvalue weighted by Gasteiger charge is 2.01. The van der Waals surface area contributed by atoms with Gasteiger partial charge in [-0.05, 0) is 24.2 Å². The van der Waals surface area contributed by atoms with E-state index in [1.54, 1.807) is 12.1 Å². The fraction of sp³-hybridized carbons (Fsp3) is 0.417. The van der Waals surface area contributed by atoms with E-state index in [9.17, 15) is 4.39 Å². The number of hydrogen-bond donors (Lipinski definition) is 2. The Morgan fingerprint density at radius 3 is 2.62 bits per heavy atom. The van der Waals surface area contributed by atoms with Crippen molar-refractivity contribution < 1.29 is 4.39 Å². The van der Waals surface area contributed by atoms with Crippen molar-refractivity contribution >= 4 is 17.3 Å². The molecule has 0 saturated heterocycles. The zero-order chi connectivity index (χ0) is 12.0. The van der Waals surface area contributed by atoms with Gasteiger partial charge in [-0.25, -0.2) is 4.39 Å². The molecule has 88 valence electrons. The molecule has 16 heavy (non-hydrogen) atoms. The third-order valence-electron chi connectivity index (χ3n) is 2.07. The Morgan fingerprint density at radius 2 is 2.00 bits per heavy atom. The van der Waals surface area contributed by atoms with Gasteiger partial charge in [-0.3, -0.25) is 0 Å². The Hall–Kier alpha value is -1.16. The van der Waals surface area contributed by atoms with Crippen molar-refractivity contribution in [3.8, 4) is 0 Å². The third-order valence-corrected chi connectivity index (χ3v) is 2.36. The maximum absolute atomic E-state index is 13.3. The molecule has 0 spiro atoms. The van der Waals surface area contributed by atoms with E-state index in [0.29, 0.717) is 23.1 Å². The third kappa shape index (κ3) is 4.57. The van der Waals surface area contributed by atoms with Crippen LogP contribution in [0.1, 0.15) is 19.4 Å². The largest absolute Gasteiger partial charge is 0.362 e. The molecule has 1 aromatic carbocycles. The molecule has 0 aliphatic rings. The first kappa shape index (κ1) is 12.9. The van der Waals surface area contributed by atoms with Gasteiger partial charge in [0, 0.05) is 18.7 Å². The highest BCUT2D eigenvalue weighted by atomic mass is 32.1. The lowest BCUT2D eigenvalue weighted by atomic mass is 10.2. The fourth-order valence-electron chi connectivity index (χ4n) is 1.18. The standard InChI is InChI=1S/C12H17FN2S/c1-9(2)7-14-12(16)15-8-10-5-3-4-6-11(10)13/h3-6,9H,7-8H2,1-2H3,(H2,14,15,16). The van der Waals surface area contributed by atoms with Gasteiger partial charge in [-0.2, -0.15) is 0 Å². The second kappa shape index (κ2) is 6.43. The molecule has 0 aromatic heterocycles. The van der Waals surface area contributed by atoms with Gasteiger partial charge in [0.25, 0.3) is 0 Å². The smallest absolute Gasteiger partial charge is 0.166 e. The van der Waals surface area contributed by atoms with Crippen molar-refractivity contribution in [3.05, 3.63) is 35.6 Å². The zero-order valence-electron chi connectivity index (χ0n) is 9.59. The number of rotatable bonds is 4. The number of halogens is 1. The van der Waals surface area contributed by atoms with E-state index in [2.05, 4.69) is 24.5 Å². The molecule has 0 radical (unpaired) electrons. The summed E-state index contributed by atoms with van der Waals surface area (Å²) < 4.78 is 13.3. The summed E-state index contributed by atoms with van der Waals surface area (Å²) in [5.74, 6) is 0.329. The van der Waals surface area contributed by atoms with Gasteiger partial charge >= 0.3 is 0 Å². The van der Waals surface area contributed by atoms with Crippen molar-refractivity contribution in [2.75, 3.05) is 6.54 Å². The number of nitrogens with one attached hydrogen (secondary N) is 2. The summed E-state index contributed by atoms with van der Waals surface area (Å²) in [6.45, 7) is 5.44. The molecule has 0 bridgehead atoms. The van der Waals surface area contributed by atoms with Crippen LogP contribution in [0.25, 0.3) is 0 Å². The number of thiocarbonyl (C=S) groups is 1. The summed E-state index contributed by atoms with van der Waals surface area (Å²) in [4.78, 5) is 0. The van der Waals surface area contributed by atoms with Gasteiger partial charge in [0.05, 0.1) is 0 Å². The monoisotopic (exact) mass is 240 g/mol. The summed E-state index contributed by atoms with van der Waals surface area (Å²) in [5.41, 5.74) is 0.621. The lowest BCUT2D eigenvalue weighted by molar-refractivity contribution is 0.600.